The summed E-state index contributed by atoms with van der Waals surface area (Å²) in [6, 6.07) is 9.67. The summed E-state index contributed by atoms with van der Waals surface area (Å²) in [5.41, 5.74) is 9.01. The molecule has 0 saturated heterocycles. The van der Waals surface area contributed by atoms with Crippen LogP contribution in [0.25, 0.3) is 0 Å². The van der Waals surface area contributed by atoms with E-state index in [0.717, 1.165) is 25.1 Å². The Morgan fingerprint density at radius 3 is 2.95 bits per heavy atom. The van der Waals surface area contributed by atoms with Crippen molar-refractivity contribution in [1.29, 1.82) is 0 Å². The van der Waals surface area contributed by atoms with E-state index < -0.39 is 0 Å². The zero-order valence-electron chi connectivity index (χ0n) is 10.5. The smallest absolute Gasteiger partial charge is 0.261 e. The van der Waals surface area contributed by atoms with Crippen LogP contribution in [-0.4, -0.2) is 17.4 Å². The number of para-hydroxylation sites is 1. The number of carbonyl (C=O) groups is 1. The van der Waals surface area contributed by atoms with Crippen molar-refractivity contribution < 1.29 is 4.79 Å². The van der Waals surface area contributed by atoms with Gasteiger partial charge in [0.1, 0.15) is 0 Å². The van der Waals surface area contributed by atoms with Gasteiger partial charge < -0.3 is 10.6 Å². The predicted molar refractivity (Wildman–Crippen MR) is 75.1 cm³/mol. The Hall–Kier alpha value is -2.36. The van der Waals surface area contributed by atoms with Crippen LogP contribution in [0.3, 0.4) is 0 Å². The summed E-state index contributed by atoms with van der Waals surface area (Å²) in [5.74, 6) is -0.0715. The van der Waals surface area contributed by atoms with Crippen LogP contribution in [0.5, 0.6) is 0 Å². The number of nitrogen functional groups attached to an aromatic ring is 1. The average Bonchev–Trinajstić information content (AvgIpc) is 2.46. The number of rotatable bonds is 1. The third kappa shape index (κ3) is 2.05. The van der Waals surface area contributed by atoms with E-state index in [0.29, 0.717) is 11.3 Å². The topological polar surface area (TPSA) is 59.2 Å². The number of pyridine rings is 1. The second kappa shape index (κ2) is 4.72. The first-order valence-electron chi connectivity index (χ1n) is 6.36. The summed E-state index contributed by atoms with van der Waals surface area (Å²) >= 11 is 0. The summed E-state index contributed by atoms with van der Waals surface area (Å²) in [4.78, 5) is 18.4. The molecule has 4 nitrogen and oxygen atoms in total. The Bertz CT molecular complexity index is 624. The molecule has 1 aromatic heterocycles. The summed E-state index contributed by atoms with van der Waals surface area (Å²) in [6.07, 6.45) is 5.12. The fourth-order valence-corrected chi connectivity index (χ4v) is 2.47. The van der Waals surface area contributed by atoms with Crippen molar-refractivity contribution in [3.63, 3.8) is 0 Å². The Kier molecular flexibility index (Phi) is 2.91. The third-order valence-corrected chi connectivity index (χ3v) is 3.44. The van der Waals surface area contributed by atoms with Crippen LogP contribution in [0.2, 0.25) is 0 Å². The lowest BCUT2D eigenvalue weighted by Crippen LogP contribution is -2.35. The van der Waals surface area contributed by atoms with Gasteiger partial charge in [0.25, 0.3) is 5.91 Å². The minimum atomic E-state index is -0.0715. The van der Waals surface area contributed by atoms with Crippen molar-refractivity contribution in [3.8, 4) is 0 Å². The predicted octanol–water partition coefficient (Wildman–Crippen LogP) is 2.26. The molecule has 2 heterocycles. The lowest BCUT2D eigenvalue weighted by atomic mass is 10.0. The van der Waals surface area contributed by atoms with Gasteiger partial charge in [-0.3, -0.25) is 9.78 Å². The monoisotopic (exact) mass is 253 g/mol. The first-order valence-corrected chi connectivity index (χ1v) is 6.36. The van der Waals surface area contributed by atoms with Gasteiger partial charge in [-0.2, -0.15) is 0 Å². The molecule has 2 N–H and O–H groups in total. The van der Waals surface area contributed by atoms with Crippen LogP contribution in [0.4, 0.5) is 11.4 Å². The van der Waals surface area contributed by atoms with Gasteiger partial charge in [-0.15, -0.1) is 0 Å². The van der Waals surface area contributed by atoms with Crippen molar-refractivity contribution in [2.45, 2.75) is 12.8 Å². The zero-order valence-corrected chi connectivity index (χ0v) is 10.5. The number of benzene rings is 1. The van der Waals surface area contributed by atoms with Crippen molar-refractivity contribution in [2.24, 2.45) is 0 Å². The van der Waals surface area contributed by atoms with Crippen LogP contribution in [-0.2, 0) is 6.42 Å². The van der Waals surface area contributed by atoms with Gasteiger partial charge in [0.05, 0.1) is 5.56 Å². The highest BCUT2D eigenvalue weighted by Crippen LogP contribution is 2.28. The quantitative estimate of drug-likeness (QED) is 0.848. The van der Waals surface area contributed by atoms with Gasteiger partial charge in [0.15, 0.2) is 0 Å². The molecule has 3 rings (SSSR count). The third-order valence-electron chi connectivity index (χ3n) is 3.44. The number of nitrogens with two attached hydrogens (primary N) is 1. The van der Waals surface area contributed by atoms with Gasteiger partial charge >= 0.3 is 0 Å². The van der Waals surface area contributed by atoms with E-state index in [9.17, 15) is 4.79 Å². The molecule has 0 spiro atoms. The number of carbonyl (C=O) groups excluding carboxylic acids is 1. The van der Waals surface area contributed by atoms with Gasteiger partial charge in [0, 0.05) is 30.3 Å². The molecule has 19 heavy (non-hydrogen) atoms. The number of anilines is 2. The number of aryl methyl sites for hydroxylation is 1. The van der Waals surface area contributed by atoms with E-state index in [2.05, 4.69) is 11.1 Å². The maximum Gasteiger partial charge on any atom is 0.261 e. The number of hydrogen-bond donors (Lipinski definition) is 1. The maximum atomic E-state index is 12.6. The fourth-order valence-electron chi connectivity index (χ4n) is 2.47. The van der Waals surface area contributed by atoms with E-state index in [-0.39, 0.29) is 5.91 Å². The molecule has 96 valence electrons. The molecular weight excluding hydrogens is 238 g/mol. The van der Waals surface area contributed by atoms with Crippen LogP contribution in [0.15, 0.2) is 42.7 Å². The van der Waals surface area contributed by atoms with E-state index in [4.69, 9.17) is 5.73 Å². The first-order chi connectivity index (χ1) is 9.27. The number of nitrogens with zero attached hydrogens (tertiary/aromatic N) is 2. The normalized spacial score (nSPS) is 14.0. The Morgan fingerprint density at radius 2 is 2.11 bits per heavy atom. The number of amides is 1. The first kappa shape index (κ1) is 11.7. The molecule has 1 amide bonds. The van der Waals surface area contributed by atoms with Crippen molar-refractivity contribution in [3.05, 3.63) is 53.9 Å². The molecular formula is C15H15N3O. The number of hydrogen-bond acceptors (Lipinski definition) is 3. The Labute approximate surface area is 111 Å². The molecule has 0 atom stereocenters. The standard InChI is InChI=1S/C15H15N3O/c16-13-7-8-17-10-12(13)15(19)18-9-3-5-11-4-1-2-6-14(11)18/h1-2,4,6-8,10H,3,5,9H2,(H2,16,17). The summed E-state index contributed by atoms with van der Waals surface area (Å²) in [6.45, 7) is 0.726. The van der Waals surface area contributed by atoms with Crippen molar-refractivity contribution in [1.82, 2.24) is 4.98 Å². The molecule has 0 saturated carbocycles. The highest BCUT2D eigenvalue weighted by molar-refractivity contribution is 6.09. The maximum absolute atomic E-state index is 12.6. The van der Waals surface area contributed by atoms with E-state index >= 15 is 0 Å². The second-order valence-corrected chi connectivity index (χ2v) is 4.65. The second-order valence-electron chi connectivity index (χ2n) is 4.65. The molecule has 0 aliphatic carbocycles. The Morgan fingerprint density at radius 1 is 1.26 bits per heavy atom. The molecule has 4 heteroatoms. The van der Waals surface area contributed by atoms with Crippen LogP contribution in [0, 0.1) is 0 Å². The van der Waals surface area contributed by atoms with Gasteiger partial charge in [-0.05, 0) is 30.5 Å². The van der Waals surface area contributed by atoms with E-state index in [1.807, 2.05) is 18.2 Å². The van der Waals surface area contributed by atoms with E-state index in [1.54, 1.807) is 17.2 Å². The molecule has 1 aromatic carbocycles. The van der Waals surface area contributed by atoms with Gasteiger partial charge in [0.2, 0.25) is 0 Å². The molecule has 0 fully saturated rings. The minimum absolute atomic E-state index is 0.0715. The Balaban J connectivity index is 2.00. The van der Waals surface area contributed by atoms with Crippen LogP contribution in [0.1, 0.15) is 22.3 Å². The number of fused-ring (bicyclic) bond motifs is 1. The molecule has 1 aliphatic rings. The summed E-state index contributed by atoms with van der Waals surface area (Å²) in [7, 11) is 0. The molecule has 1 aliphatic heterocycles. The average molecular weight is 253 g/mol. The fraction of sp³-hybridized carbons (Fsp3) is 0.200. The van der Waals surface area contributed by atoms with Crippen LogP contribution < -0.4 is 10.6 Å². The largest absolute Gasteiger partial charge is 0.398 e. The molecule has 0 unspecified atom stereocenters. The SMILES string of the molecule is Nc1ccncc1C(=O)N1CCCc2ccccc21. The summed E-state index contributed by atoms with van der Waals surface area (Å²) < 4.78 is 0. The lowest BCUT2D eigenvalue weighted by Gasteiger charge is -2.29. The highest BCUT2D eigenvalue weighted by Gasteiger charge is 2.24. The van der Waals surface area contributed by atoms with Crippen molar-refractivity contribution in [2.75, 3.05) is 17.2 Å². The summed E-state index contributed by atoms with van der Waals surface area (Å²) in [5, 5.41) is 0. The van der Waals surface area contributed by atoms with Crippen molar-refractivity contribution >= 4 is 17.3 Å². The van der Waals surface area contributed by atoms with Crippen LogP contribution >= 0.6 is 0 Å². The zero-order chi connectivity index (χ0) is 13.2. The number of aromatic nitrogens is 1. The molecule has 0 bridgehead atoms. The van der Waals surface area contributed by atoms with E-state index in [1.165, 1.54) is 11.8 Å². The molecule has 0 radical (unpaired) electrons. The highest BCUT2D eigenvalue weighted by atomic mass is 16.2. The lowest BCUT2D eigenvalue weighted by molar-refractivity contribution is 0.0985. The van der Waals surface area contributed by atoms with Gasteiger partial charge in [-0.25, -0.2) is 0 Å². The minimum Gasteiger partial charge on any atom is -0.398 e. The molecule has 2 aromatic rings. The van der Waals surface area contributed by atoms with Gasteiger partial charge in [-0.1, -0.05) is 18.2 Å².